The first-order valence-electron chi connectivity index (χ1n) is 8.63. The van der Waals surface area contributed by atoms with Crippen molar-refractivity contribution in [3.63, 3.8) is 0 Å². The lowest BCUT2D eigenvalue weighted by molar-refractivity contribution is -0.115. The summed E-state index contributed by atoms with van der Waals surface area (Å²) in [5.74, 6) is 2.01. The highest BCUT2D eigenvalue weighted by Crippen LogP contribution is 2.23. The van der Waals surface area contributed by atoms with Crippen molar-refractivity contribution >= 4 is 11.6 Å². The largest absolute Gasteiger partial charge is 0.495 e. The molecule has 3 rings (SSSR count). The molecule has 1 N–H and O–H groups in total. The molecule has 1 aromatic heterocycles. The van der Waals surface area contributed by atoms with Crippen LogP contribution in [0.25, 0.3) is 0 Å². The van der Waals surface area contributed by atoms with Gasteiger partial charge in [0.25, 0.3) is 0 Å². The van der Waals surface area contributed by atoms with Crippen LogP contribution in [0.3, 0.4) is 0 Å². The highest BCUT2D eigenvalue weighted by molar-refractivity contribution is 5.93. The fourth-order valence-electron chi connectivity index (χ4n) is 2.69. The second kappa shape index (κ2) is 8.40. The van der Waals surface area contributed by atoms with Crippen LogP contribution < -0.4 is 14.8 Å². The zero-order valence-electron chi connectivity index (χ0n) is 15.6. The van der Waals surface area contributed by atoms with Gasteiger partial charge in [-0.3, -0.25) is 4.79 Å². The van der Waals surface area contributed by atoms with Gasteiger partial charge in [0, 0.05) is 0 Å². The number of nitrogens with one attached hydrogen (secondary N) is 1. The Kier molecular flexibility index (Phi) is 5.76. The second-order valence-corrected chi connectivity index (χ2v) is 6.16. The Bertz CT molecular complexity index is 897. The number of benzene rings is 2. The minimum absolute atomic E-state index is 0.108. The number of nitrogens with zero attached hydrogens (tertiary/aromatic N) is 1. The van der Waals surface area contributed by atoms with Crippen LogP contribution in [0.5, 0.6) is 11.5 Å². The molecule has 0 aliphatic heterocycles. The molecule has 1 amide bonds. The Morgan fingerprint density at radius 3 is 2.52 bits per heavy atom. The zero-order valence-corrected chi connectivity index (χ0v) is 15.6. The fourth-order valence-corrected chi connectivity index (χ4v) is 2.69. The van der Waals surface area contributed by atoms with Gasteiger partial charge in [0.05, 0.1) is 30.5 Å². The number of hydrogen-bond donors (Lipinski definition) is 1. The molecule has 6 nitrogen and oxygen atoms in total. The van der Waals surface area contributed by atoms with Gasteiger partial charge in [-0.25, -0.2) is 0 Å². The van der Waals surface area contributed by atoms with E-state index >= 15 is 0 Å². The van der Waals surface area contributed by atoms with E-state index in [1.807, 2.05) is 56.3 Å². The van der Waals surface area contributed by atoms with Gasteiger partial charge in [-0.05, 0) is 43.7 Å². The molecule has 2 aromatic carbocycles. The molecule has 0 aliphatic rings. The fraction of sp³-hybridized carbons (Fsp3) is 0.238. The first kappa shape index (κ1) is 18.5. The van der Waals surface area contributed by atoms with E-state index in [1.165, 1.54) is 0 Å². The van der Waals surface area contributed by atoms with Crippen LogP contribution in [0.4, 0.5) is 5.69 Å². The van der Waals surface area contributed by atoms with E-state index in [0.29, 0.717) is 18.0 Å². The lowest BCUT2D eigenvalue weighted by atomic mass is 10.1. The van der Waals surface area contributed by atoms with Gasteiger partial charge in [0.1, 0.15) is 23.9 Å². The summed E-state index contributed by atoms with van der Waals surface area (Å²) in [6.45, 7) is 4.15. The monoisotopic (exact) mass is 366 g/mol. The quantitative estimate of drug-likeness (QED) is 0.683. The normalized spacial score (nSPS) is 10.5. The molecular weight excluding hydrogens is 344 g/mol. The van der Waals surface area contributed by atoms with Gasteiger partial charge >= 0.3 is 0 Å². The first-order valence-corrected chi connectivity index (χ1v) is 8.63. The third-order valence-corrected chi connectivity index (χ3v) is 4.23. The van der Waals surface area contributed by atoms with E-state index in [1.54, 1.807) is 13.2 Å². The number of methoxy groups -OCH3 is 1. The minimum atomic E-state index is -0.108. The summed E-state index contributed by atoms with van der Waals surface area (Å²) in [5.41, 5.74) is 3.34. The van der Waals surface area contributed by atoms with E-state index in [-0.39, 0.29) is 12.3 Å². The number of para-hydroxylation sites is 2. The number of ether oxygens (including phenoxy) is 2. The number of rotatable bonds is 7. The van der Waals surface area contributed by atoms with Crippen LogP contribution in [-0.4, -0.2) is 18.2 Å². The third kappa shape index (κ3) is 4.67. The van der Waals surface area contributed by atoms with Gasteiger partial charge in [0.2, 0.25) is 5.91 Å². The molecule has 3 aromatic rings. The summed E-state index contributed by atoms with van der Waals surface area (Å²) in [4.78, 5) is 12.3. The summed E-state index contributed by atoms with van der Waals surface area (Å²) < 4.78 is 16.2. The van der Waals surface area contributed by atoms with E-state index in [4.69, 9.17) is 14.0 Å². The van der Waals surface area contributed by atoms with Crippen molar-refractivity contribution in [1.29, 1.82) is 0 Å². The minimum Gasteiger partial charge on any atom is -0.495 e. The van der Waals surface area contributed by atoms with E-state index in [0.717, 1.165) is 28.3 Å². The van der Waals surface area contributed by atoms with E-state index in [9.17, 15) is 4.79 Å². The Hall–Kier alpha value is -3.28. The Morgan fingerprint density at radius 2 is 1.85 bits per heavy atom. The molecule has 27 heavy (non-hydrogen) atoms. The lowest BCUT2D eigenvalue weighted by Crippen LogP contribution is -2.14. The molecule has 0 aliphatic carbocycles. The lowest BCUT2D eigenvalue weighted by Gasteiger charge is -2.10. The molecule has 0 spiro atoms. The standard InChI is InChI=1S/C21H22N2O4/c1-14-18(15(2)27-23-14)13-26-17-10-8-16(9-11-17)12-21(24)22-19-6-4-5-7-20(19)25-3/h4-11H,12-13H2,1-3H3,(H,22,24). The topological polar surface area (TPSA) is 73.6 Å². The molecule has 0 saturated carbocycles. The molecule has 0 bridgehead atoms. The van der Waals surface area contributed by atoms with Crippen molar-refractivity contribution < 1.29 is 18.8 Å². The number of carbonyl (C=O) groups excluding carboxylic acids is 1. The van der Waals surface area contributed by atoms with Crippen LogP contribution >= 0.6 is 0 Å². The Labute approximate surface area is 158 Å². The number of aryl methyl sites for hydroxylation is 2. The molecule has 0 unspecified atom stereocenters. The predicted octanol–water partition coefficient (Wildman–Crippen LogP) is 4.06. The van der Waals surface area contributed by atoms with Gasteiger partial charge in [0.15, 0.2) is 0 Å². The number of amides is 1. The highest BCUT2D eigenvalue weighted by Gasteiger charge is 2.10. The number of carbonyl (C=O) groups is 1. The van der Waals surface area contributed by atoms with Gasteiger partial charge in [-0.15, -0.1) is 0 Å². The zero-order chi connectivity index (χ0) is 19.2. The van der Waals surface area contributed by atoms with Crippen molar-refractivity contribution in [2.24, 2.45) is 0 Å². The summed E-state index contributed by atoms with van der Waals surface area (Å²) >= 11 is 0. The summed E-state index contributed by atoms with van der Waals surface area (Å²) in [5, 5.41) is 6.78. The maximum absolute atomic E-state index is 12.3. The van der Waals surface area contributed by atoms with Gasteiger partial charge in [-0.1, -0.05) is 29.4 Å². The molecule has 1 heterocycles. The number of aromatic nitrogens is 1. The Balaban J connectivity index is 1.56. The summed E-state index contributed by atoms with van der Waals surface area (Å²) in [6.07, 6.45) is 0.266. The number of hydrogen-bond acceptors (Lipinski definition) is 5. The van der Waals surface area contributed by atoms with Crippen molar-refractivity contribution in [3.8, 4) is 11.5 Å². The molecule has 0 saturated heterocycles. The van der Waals surface area contributed by atoms with Crippen LogP contribution in [0.1, 0.15) is 22.6 Å². The van der Waals surface area contributed by atoms with Crippen molar-refractivity contribution in [2.45, 2.75) is 26.9 Å². The Morgan fingerprint density at radius 1 is 1.11 bits per heavy atom. The highest BCUT2D eigenvalue weighted by atomic mass is 16.5. The van der Waals surface area contributed by atoms with Crippen LogP contribution in [0, 0.1) is 13.8 Å². The average molecular weight is 366 g/mol. The molecule has 0 fully saturated rings. The SMILES string of the molecule is COc1ccccc1NC(=O)Cc1ccc(OCc2c(C)noc2C)cc1. The predicted molar refractivity (Wildman–Crippen MR) is 102 cm³/mol. The van der Waals surface area contributed by atoms with Crippen molar-refractivity contribution in [2.75, 3.05) is 12.4 Å². The molecule has 140 valence electrons. The van der Waals surface area contributed by atoms with Crippen LogP contribution in [0.2, 0.25) is 0 Å². The smallest absolute Gasteiger partial charge is 0.228 e. The van der Waals surface area contributed by atoms with Gasteiger partial charge in [-0.2, -0.15) is 0 Å². The molecule has 0 atom stereocenters. The number of anilines is 1. The van der Waals surface area contributed by atoms with Crippen molar-refractivity contribution in [3.05, 3.63) is 71.1 Å². The van der Waals surface area contributed by atoms with E-state index in [2.05, 4.69) is 10.5 Å². The summed E-state index contributed by atoms with van der Waals surface area (Å²) in [6, 6.07) is 14.8. The van der Waals surface area contributed by atoms with Crippen LogP contribution in [-0.2, 0) is 17.8 Å². The molecular formula is C21H22N2O4. The van der Waals surface area contributed by atoms with Crippen molar-refractivity contribution in [1.82, 2.24) is 5.16 Å². The average Bonchev–Trinajstić information content (AvgIpc) is 2.99. The van der Waals surface area contributed by atoms with Gasteiger partial charge < -0.3 is 19.3 Å². The second-order valence-electron chi connectivity index (χ2n) is 6.16. The maximum atomic E-state index is 12.3. The van der Waals surface area contributed by atoms with E-state index < -0.39 is 0 Å². The summed E-state index contributed by atoms with van der Waals surface area (Å²) in [7, 11) is 1.58. The molecule has 6 heteroatoms. The third-order valence-electron chi connectivity index (χ3n) is 4.23. The molecule has 0 radical (unpaired) electrons. The van der Waals surface area contributed by atoms with Crippen LogP contribution in [0.15, 0.2) is 53.1 Å². The maximum Gasteiger partial charge on any atom is 0.228 e. The first-order chi connectivity index (χ1) is 13.1.